The van der Waals surface area contributed by atoms with Gasteiger partial charge in [0, 0.05) is 6.07 Å². The zero-order valence-electron chi connectivity index (χ0n) is 11.7. The molecule has 2 rings (SSSR count). The Kier molecular flexibility index (Phi) is 4.36. The summed E-state index contributed by atoms with van der Waals surface area (Å²) >= 11 is 0. The molecule has 0 atom stereocenters. The molecule has 0 bridgehead atoms. The lowest BCUT2D eigenvalue weighted by Crippen LogP contribution is -2.11. The second-order valence-corrected chi connectivity index (χ2v) is 4.38. The molecule has 2 aromatic heterocycles. The van der Waals surface area contributed by atoms with Gasteiger partial charge in [0.25, 0.3) is 0 Å². The summed E-state index contributed by atoms with van der Waals surface area (Å²) in [6.45, 7) is 2.09. The van der Waals surface area contributed by atoms with E-state index in [4.69, 9.17) is 9.52 Å². The Bertz CT molecular complexity index is 704. The maximum absolute atomic E-state index is 11.6. The fourth-order valence-electron chi connectivity index (χ4n) is 1.87. The number of hydrogen-bond donors (Lipinski definition) is 1. The maximum Gasteiger partial charge on any atom is 0.360 e. The van der Waals surface area contributed by atoms with Gasteiger partial charge in [0.15, 0.2) is 11.4 Å². The van der Waals surface area contributed by atoms with Crippen molar-refractivity contribution in [2.75, 3.05) is 7.11 Å². The topological polar surface area (TPSA) is 107 Å². The second-order valence-electron chi connectivity index (χ2n) is 4.38. The lowest BCUT2D eigenvalue weighted by atomic mass is 10.2. The molecule has 0 spiro atoms. The molecule has 21 heavy (non-hydrogen) atoms. The molecule has 0 fully saturated rings. The molecule has 8 heteroatoms. The molecule has 112 valence electrons. The van der Waals surface area contributed by atoms with Crippen LogP contribution >= 0.6 is 0 Å². The van der Waals surface area contributed by atoms with Gasteiger partial charge < -0.3 is 14.3 Å². The number of aromatic nitrogens is 3. The van der Waals surface area contributed by atoms with Crippen LogP contribution in [-0.2, 0) is 17.7 Å². The molecule has 0 aromatic carbocycles. The first-order chi connectivity index (χ1) is 10.1. The van der Waals surface area contributed by atoms with Gasteiger partial charge in [0.1, 0.15) is 18.6 Å². The van der Waals surface area contributed by atoms with E-state index in [0.29, 0.717) is 17.9 Å². The summed E-state index contributed by atoms with van der Waals surface area (Å²) in [6.07, 6.45) is 2.34. The number of rotatable bonds is 5. The number of carbonyl (C=O) groups is 1. The summed E-state index contributed by atoms with van der Waals surface area (Å²) < 4.78 is 11.3. The van der Waals surface area contributed by atoms with Crippen LogP contribution < -0.4 is 5.43 Å². The van der Waals surface area contributed by atoms with E-state index in [1.807, 2.05) is 6.92 Å². The number of hydrogen-bond acceptors (Lipinski definition) is 7. The van der Waals surface area contributed by atoms with E-state index in [0.717, 1.165) is 12.7 Å². The Labute approximate surface area is 120 Å². The Morgan fingerprint density at radius 3 is 2.90 bits per heavy atom. The number of methoxy groups -OCH3 is 1. The molecule has 0 amide bonds. The molecule has 0 saturated carbocycles. The van der Waals surface area contributed by atoms with Crippen LogP contribution in [0.5, 0.6) is 5.75 Å². The maximum atomic E-state index is 11.6. The Morgan fingerprint density at radius 2 is 2.29 bits per heavy atom. The van der Waals surface area contributed by atoms with Gasteiger partial charge in [-0.1, -0.05) is 18.6 Å². The second kappa shape index (κ2) is 6.21. The number of aromatic hydroxyl groups is 1. The van der Waals surface area contributed by atoms with Gasteiger partial charge in [-0.05, 0) is 6.42 Å². The van der Waals surface area contributed by atoms with Gasteiger partial charge >= 0.3 is 5.97 Å². The third kappa shape index (κ3) is 3.10. The fraction of sp³-hybridized carbons (Fsp3) is 0.385. The normalized spacial score (nSPS) is 10.6. The number of ether oxygens (including phenoxy) is 1. The van der Waals surface area contributed by atoms with E-state index in [9.17, 15) is 9.59 Å². The minimum atomic E-state index is -0.558. The highest BCUT2D eigenvalue weighted by Gasteiger charge is 2.20. The molecule has 2 aromatic rings. The molecule has 2 heterocycles. The number of carbonyl (C=O) groups excluding carboxylic acids is 1. The van der Waals surface area contributed by atoms with Crippen molar-refractivity contribution in [1.82, 2.24) is 15.0 Å². The predicted molar refractivity (Wildman–Crippen MR) is 71.1 cm³/mol. The lowest BCUT2D eigenvalue weighted by molar-refractivity contribution is 0.0592. The quantitative estimate of drug-likeness (QED) is 0.809. The molecular formula is C13H15N3O5. The van der Waals surface area contributed by atoms with E-state index in [2.05, 4.69) is 15.0 Å². The van der Waals surface area contributed by atoms with Gasteiger partial charge in [-0.15, -0.1) is 5.10 Å². The molecule has 0 aliphatic carbocycles. The SMILES string of the molecule is CCCc1c(C(=O)OC)nnn1Cc1cc(=O)c(O)co1. The van der Waals surface area contributed by atoms with Crippen molar-refractivity contribution >= 4 is 5.97 Å². The molecule has 8 nitrogen and oxygen atoms in total. The van der Waals surface area contributed by atoms with Crippen molar-refractivity contribution in [2.24, 2.45) is 0 Å². The summed E-state index contributed by atoms with van der Waals surface area (Å²) in [5, 5.41) is 16.9. The first kappa shape index (κ1) is 14.8. The van der Waals surface area contributed by atoms with E-state index in [1.54, 1.807) is 0 Å². The smallest absolute Gasteiger partial charge is 0.360 e. The van der Waals surface area contributed by atoms with Crippen molar-refractivity contribution in [1.29, 1.82) is 0 Å². The van der Waals surface area contributed by atoms with Crippen molar-refractivity contribution in [2.45, 2.75) is 26.3 Å². The average Bonchev–Trinajstić information content (AvgIpc) is 2.85. The summed E-state index contributed by atoms with van der Waals surface area (Å²) in [6, 6.07) is 1.17. The van der Waals surface area contributed by atoms with Gasteiger partial charge in [-0.3, -0.25) is 4.79 Å². The third-order valence-electron chi connectivity index (χ3n) is 2.88. The predicted octanol–water partition coefficient (Wildman–Crippen LogP) is 0.724. The molecule has 0 radical (unpaired) electrons. The van der Waals surface area contributed by atoms with Crippen LogP contribution in [-0.4, -0.2) is 33.2 Å². The minimum Gasteiger partial charge on any atom is -0.502 e. The minimum absolute atomic E-state index is 0.134. The molecule has 0 aliphatic heterocycles. The van der Waals surface area contributed by atoms with Crippen LogP contribution in [0, 0.1) is 0 Å². The fourth-order valence-corrected chi connectivity index (χ4v) is 1.87. The molecule has 0 saturated heterocycles. The Morgan fingerprint density at radius 1 is 1.52 bits per heavy atom. The summed E-state index contributed by atoms with van der Waals surface area (Å²) in [7, 11) is 1.27. The highest BCUT2D eigenvalue weighted by molar-refractivity contribution is 5.88. The van der Waals surface area contributed by atoms with Crippen LogP contribution in [0.4, 0.5) is 0 Å². The first-order valence-corrected chi connectivity index (χ1v) is 6.38. The van der Waals surface area contributed by atoms with Crippen LogP contribution in [0.3, 0.4) is 0 Å². The lowest BCUT2D eigenvalue weighted by Gasteiger charge is -2.06. The van der Waals surface area contributed by atoms with Crippen molar-refractivity contribution in [3.8, 4) is 5.75 Å². The van der Waals surface area contributed by atoms with E-state index in [-0.39, 0.29) is 12.2 Å². The van der Waals surface area contributed by atoms with Crippen LogP contribution in [0.15, 0.2) is 21.5 Å². The van der Waals surface area contributed by atoms with Crippen LogP contribution in [0.1, 0.15) is 35.3 Å². The molecule has 0 unspecified atom stereocenters. The van der Waals surface area contributed by atoms with Gasteiger partial charge in [-0.2, -0.15) is 0 Å². The van der Waals surface area contributed by atoms with Gasteiger partial charge in [0.2, 0.25) is 5.43 Å². The third-order valence-corrected chi connectivity index (χ3v) is 2.88. The molecule has 0 aliphatic rings. The van der Waals surface area contributed by atoms with Crippen LogP contribution in [0.25, 0.3) is 0 Å². The zero-order chi connectivity index (χ0) is 15.4. The highest BCUT2D eigenvalue weighted by Crippen LogP contribution is 2.12. The average molecular weight is 293 g/mol. The Hall–Kier alpha value is -2.64. The largest absolute Gasteiger partial charge is 0.502 e. The van der Waals surface area contributed by atoms with E-state index in [1.165, 1.54) is 17.9 Å². The van der Waals surface area contributed by atoms with Crippen molar-refractivity contribution in [3.05, 3.63) is 39.7 Å². The van der Waals surface area contributed by atoms with E-state index >= 15 is 0 Å². The standard InChI is InChI=1S/C13H15N3O5/c1-3-4-9-12(13(19)20-2)14-15-16(9)6-8-5-10(17)11(18)7-21-8/h5,7,18H,3-4,6H2,1-2H3. The van der Waals surface area contributed by atoms with Crippen molar-refractivity contribution in [3.63, 3.8) is 0 Å². The van der Waals surface area contributed by atoms with Crippen molar-refractivity contribution < 1.29 is 19.1 Å². The molecule has 1 N–H and O–H groups in total. The first-order valence-electron chi connectivity index (χ1n) is 6.38. The summed E-state index contributed by atoms with van der Waals surface area (Å²) in [5.74, 6) is -0.713. The highest BCUT2D eigenvalue weighted by atomic mass is 16.5. The number of esters is 1. The van der Waals surface area contributed by atoms with Crippen LogP contribution in [0.2, 0.25) is 0 Å². The zero-order valence-corrected chi connectivity index (χ0v) is 11.7. The molecular weight excluding hydrogens is 278 g/mol. The van der Waals surface area contributed by atoms with Gasteiger partial charge in [0.05, 0.1) is 12.8 Å². The van der Waals surface area contributed by atoms with E-state index < -0.39 is 17.1 Å². The van der Waals surface area contributed by atoms with Gasteiger partial charge in [-0.25, -0.2) is 9.48 Å². The summed E-state index contributed by atoms with van der Waals surface area (Å²) in [5.41, 5.74) is 0.224. The summed E-state index contributed by atoms with van der Waals surface area (Å²) in [4.78, 5) is 23.0. The monoisotopic (exact) mass is 293 g/mol. The number of nitrogens with zero attached hydrogens (tertiary/aromatic N) is 3. The Balaban J connectivity index is 2.35.